The SMILES string of the molecule is COc1ccc([C@@H]2C(C(=O)Nc3ccccc3)=C(C)N=c3s/c(=C/c4ccc(-c5ccc(Cl)cc5Cl)o4)c(=O)n32)cc1. The molecule has 0 bridgehead atoms. The maximum Gasteiger partial charge on any atom is 0.271 e. The van der Waals surface area contributed by atoms with Crippen molar-refractivity contribution in [2.24, 2.45) is 4.99 Å². The summed E-state index contributed by atoms with van der Waals surface area (Å²) in [5, 5.41) is 3.93. The normalized spacial score (nSPS) is 14.9. The Bertz CT molecular complexity index is 2030. The van der Waals surface area contributed by atoms with Crippen molar-refractivity contribution < 1.29 is 13.9 Å². The molecule has 0 saturated heterocycles. The lowest BCUT2D eigenvalue weighted by molar-refractivity contribution is -0.113. The van der Waals surface area contributed by atoms with Crippen molar-refractivity contribution in [2.45, 2.75) is 13.0 Å². The van der Waals surface area contributed by atoms with Gasteiger partial charge in [0.25, 0.3) is 11.5 Å². The van der Waals surface area contributed by atoms with E-state index in [1.54, 1.807) is 79.3 Å². The molecule has 1 aliphatic heterocycles. The van der Waals surface area contributed by atoms with Gasteiger partial charge in [0.1, 0.15) is 17.3 Å². The van der Waals surface area contributed by atoms with E-state index in [0.29, 0.717) is 59.2 Å². The van der Waals surface area contributed by atoms with Crippen LogP contribution in [0.25, 0.3) is 17.4 Å². The smallest absolute Gasteiger partial charge is 0.271 e. The fraction of sp³-hybridized carbons (Fsp3) is 0.0938. The average Bonchev–Trinajstić information content (AvgIpc) is 3.56. The zero-order valence-electron chi connectivity index (χ0n) is 22.4. The summed E-state index contributed by atoms with van der Waals surface area (Å²) >= 11 is 13.6. The molecule has 210 valence electrons. The molecule has 10 heteroatoms. The average molecular weight is 617 g/mol. The number of ether oxygens (including phenoxy) is 1. The van der Waals surface area contributed by atoms with Crippen molar-refractivity contribution in [1.82, 2.24) is 4.57 Å². The molecule has 0 radical (unpaired) electrons. The zero-order chi connectivity index (χ0) is 29.4. The molecule has 0 spiro atoms. The topological polar surface area (TPSA) is 85.8 Å². The predicted molar refractivity (Wildman–Crippen MR) is 166 cm³/mol. The Morgan fingerprint density at radius 2 is 1.81 bits per heavy atom. The summed E-state index contributed by atoms with van der Waals surface area (Å²) in [6.07, 6.45) is 1.67. The van der Waals surface area contributed by atoms with Crippen LogP contribution in [0.15, 0.2) is 110 Å². The van der Waals surface area contributed by atoms with Crippen molar-refractivity contribution in [2.75, 3.05) is 12.4 Å². The van der Waals surface area contributed by atoms with Gasteiger partial charge < -0.3 is 14.5 Å². The van der Waals surface area contributed by atoms with Gasteiger partial charge in [0.2, 0.25) is 0 Å². The molecule has 0 aliphatic carbocycles. The number of fused-ring (bicyclic) bond motifs is 1. The van der Waals surface area contributed by atoms with Crippen LogP contribution in [0, 0.1) is 0 Å². The fourth-order valence-electron chi connectivity index (χ4n) is 4.83. The minimum atomic E-state index is -0.710. The molecule has 0 unspecified atom stereocenters. The number of halogens is 2. The lowest BCUT2D eigenvalue weighted by atomic mass is 9.95. The zero-order valence-corrected chi connectivity index (χ0v) is 24.8. The van der Waals surface area contributed by atoms with Crippen LogP contribution in [0.5, 0.6) is 5.75 Å². The van der Waals surface area contributed by atoms with E-state index < -0.39 is 6.04 Å². The lowest BCUT2D eigenvalue weighted by Crippen LogP contribution is -2.40. The summed E-state index contributed by atoms with van der Waals surface area (Å²) in [6.45, 7) is 1.78. The highest BCUT2D eigenvalue weighted by Crippen LogP contribution is 2.33. The van der Waals surface area contributed by atoms with Gasteiger partial charge in [-0.15, -0.1) is 0 Å². The molecular weight excluding hydrogens is 593 g/mol. The number of benzene rings is 3. The van der Waals surface area contributed by atoms with E-state index in [0.717, 1.165) is 5.56 Å². The van der Waals surface area contributed by atoms with Crippen molar-refractivity contribution in [3.05, 3.63) is 137 Å². The number of rotatable bonds is 6. The summed E-state index contributed by atoms with van der Waals surface area (Å²) in [7, 11) is 1.59. The second-order valence-corrected chi connectivity index (χ2v) is 11.4. The van der Waals surface area contributed by atoms with Crippen LogP contribution in [0.3, 0.4) is 0 Å². The Hall–Kier alpha value is -4.37. The number of anilines is 1. The van der Waals surface area contributed by atoms with Gasteiger partial charge in [0.15, 0.2) is 4.80 Å². The van der Waals surface area contributed by atoms with Crippen molar-refractivity contribution >= 4 is 52.2 Å². The van der Waals surface area contributed by atoms with E-state index >= 15 is 0 Å². The third-order valence-corrected chi connectivity index (χ3v) is 8.36. The minimum absolute atomic E-state index is 0.292. The largest absolute Gasteiger partial charge is 0.497 e. The number of carbonyl (C=O) groups is 1. The predicted octanol–water partition coefficient (Wildman–Crippen LogP) is 6.45. The Labute approximate surface area is 254 Å². The third kappa shape index (κ3) is 5.32. The number of aromatic nitrogens is 1. The molecule has 1 N–H and O–H groups in total. The quantitative estimate of drug-likeness (QED) is 0.238. The lowest BCUT2D eigenvalue weighted by Gasteiger charge is -2.25. The molecule has 3 heterocycles. The fourth-order valence-corrected chi connectivity index (χ4v) is 6.36. The Balaban J connectivity index is 1.45. The number of furan rings is 1. The molecule has 3 aromatic carbocycles. The molecule has 2 aromatic heterocycles. The van der Waals surface area contributed by atoms with E-state index in [9.17, 15) is 9.59 Å². The molecular formula is C32H23Cl2N3O4S. The number of amides is 1. The number of para-hydroxylation sites is 1. The molecule has 6 rings (SSSR count). The van der Waals surface area contributed by atoms with Gasteiger partial charge in [-0.25, -0.2) is 4.99 Å². The van der Waals surface area contributed by atoms with Crippen molar-refractivity contribution in [3.63, 3.8) is 0 Å². The number of hydrogen-bond donors (Lipinski definition) is 1. The summed E-state index contributed by atoms with van der Waals surface area (Å²) in [5.41, 5.74) is 2.68. The van der Waals surface area contributed by atoms with E-state index in [2.05, 4.69) is 5.32 Å². The summed E-state index contributed by atoms with van der Waals surface area (Å²) < 4.78 is 13.3. The summed E-state index contributed by atoms with van der Waals surface area (Å²) in [6, 6.07) is 24.5. The van der Waals surface area contributed by atoms with Crippen molar-refractivity contribution in [1.29, 1.82) is 0 Å². The van der Waals surface area contributed by atoms with Gasteiger partial charge in [-0.05, 0) is 67.1 Å². The Morgan fingerprint density at radius 1 is 1.05 bits per heavy atom. The molecule has 0 fully saturated rings. The van der Waals surface area contributed by atoms with Gasteiger partial charge >= 0.3 is 0 Å². The second kappa shape index (κ2) is 11.5. The van der Waals surface area contributed by atoms with Gasteiger partial charge in [-0.2, -0.15) is 0 Å². The third-order valence-electron chi connectivity index (χ3n) is 6.83. The van der Waals surface area contributed by atoms with Crippen LogP contribution in [0.1, 0.15) is 24.3 Å². The minimum Gasteiger partial charge on any atom is -0.497 e. The van der Waals surface area contributed by atoms with E-state index in [1.807, 2.05) is 30.3 Å². The van der Waals surface area contributed by atoms with Crippen LogP contribution in [-0.4, -0.2) is 17.6 Å². The Kier molecular flexibility index (Phi) is 7.60. The van der Waals surface area contributed by atoms with Crippen LogP contribution in [0.2, 0.25) is 10.0 Å². The first-order valence-electron chi connectivity index (χ1n) is 12.9. The molecule has 5 aromatic rings. The number of nitrogens with zero attached hydrogens (tertiary/aromatic N) is 2. The monoisotopic (exact) mass is 615 g/mol. The van der Waals surface area contributed by atoms with Gasteiger partial charge in [-0.3, -0.25) is 14.2 Å². The number of allylic oxidation sites excluding steroid dienone is 1. The molecule has 1 atom stereocenters. The maximum atomic E-state index is 14.0. The summed E-state index contributed by atoms with van der Waals surface area (Å²) in [5.74, 6) is 1.34. The molecule has 1 aliphatic rings. The van der Waals surface area contributed by atoms with Gasteiger partial charge in [0.05, 0.1) is 34.0 Å². The van der Waals surface area contributed by atoms with Crippen LogP contribution in [0.4, 0.5) is 5.69 Å². The van der Waals surface area contributed by atoms with Gasteiger partial charge in [0, 0.05) is 22.3 Å². The second-order valence-electron chi connectivity index (χ2n) is 9.50. The number of methoxy groups -OCH3 is 1. The molecule has 1 amide bonds. The number of carbonyl (C=O) groups excluding carboxylic acids is 1. The van der Waals surface area contributed by atoms with Crippen LogP contribution < -0.4 is 24.9 Å². The first-order chi connectivity index (χ1) is 20.3. The number of hydrogen-bond acceptors (Lipinski definition) is 6. The first kappa shape index (κ1) is 27.8. The van der Waals surface area contributed by atoms with E-state index in [-0.39, 0.29) is 11.5 Å². The van der Waals surface area contributed by atoms with Crippen LogP contribution in [-0.2, 0) is 4.79 Å². The molecule has 0 saturated carbocycles. The van der Waals surface area contributed by atoms with E-state index in [1.165, 1.54) is 11.3 Å². The highest BCUT2D eigenvalue weighted by molar-refractivity contribution is 7.07. The first-order valence-corrected chi connectivity index (χ1v) is 14.5. The van der Waals surface area contributed by atoms with E-state index in [4.69, 9.17) is 37.3 Å². The van der Waals surface area contributed by atoms with Crippen molar-refractivity contribution in [3.8, 4) is 17.1 Å². The molecule has 7 nitrogen and oxygen atoms in total. The summed E-state index contributed by atoms with van der Waals surface area (Å²) in [4.78, 5) is 32.8. The highest BCUT2D eigenvalue weighted by Gasteiger charge is 2.32. The maximum absolute atomic E-state index is 14.0. The van der Waals surface area contributed by atoms with Gasteiger partial charge in [-0.1, -0.05) is 64.9 Å². The number of thiazole rings is 1. The standard InChI is InChI=1S/C32H23Cl2N3O4S/c1-18-28(30(38)36-21-6-4-3-5-7-21)29(19-8-11-22(40-2)12-9-19)37-31(39)27(42-32(37)35-18)17-23-13-15-26(41-23)24-14-10-20(33)16-25(24)34/h3-17,29H,1-2H3,(H,36,38)/b27-17+/t29-/m1/s1. The molecule has 42 heavy (non-hydrogen) atoms. The highest BCUT2D eigenvalue weighted by atomic mass is 35.5. The Morgan fingerprint density at radius 3 is 2.52 bits per heavy atom. The number of nitrogens with one attached hydrogen (secondary N) is 1. The van der Waals surface area contributed by atoms with Crippen LogP contribution >= 0.6 is 34.5 Å².